The number of likely N-dealkylation sites (tertiary alicyclic amines) is 1. The molecule has 0 aliphatic carbocycles. The van der Waals surface area contributed by atoms with Gasteiger partial charge in [0.2, 0.25) is 0 Å². The van der Waals surface area contributed by atoms with Crippen LogP contribution in [0.2, 0.25) is 0 Å². The van der Waals surface area contributed by atoms with Crippen LogP contribution in [0, 0.1) is 5.92 Å². The first-order valence-corrected chi connectivity index (χ1v) is 11.2. The lowest BCUT2D eigenvalue weighted by molar-refractivity contribution is -0.0265. The average Bonchev–Trinajstić information content (AvgIpc) is 3.52. The Kier molecular flexibility index (Phi) is 7.43. The minimum atomic E-state index is 0.144. The SMILES string of the molecule is CN=C(NCC1CCCOC1c1ccccc1)NCC(c1ccco1)N1CCCC1. The lowest BCUT2D eigenvalue weighted by Crippen LogP contribution is -2.45. The van der Waals surface area contributed by atoms with E-state index in [-0.39, 0.29) is 12.1 Å². The molecule has 0 bridgehead atoms. The Morgan fingerprint density at radius 2 is 1.93 bits per heavy atom. The summed E-state index contributed by atoms with van der Waals surface area (Å²) in [4.78, 5) is 6.95. The summed E-state index contributed by atoms with van der Waals surface area (Å²) in [5, 5.41) is 7.07. The Balaban J connectivity index is 1.34. The largest absolute Gasteiger partial charge is 0.468 e. The fraction of sp³-hybridized carbons (Fsp3) is 0.542. The van der Waals surface area contributed by atoms with Crippen molar-refractivity contribution in [2.45, 2.75) is 37.8 Å². The molecule has 0 radical (unpaired) electrons. The van der Waals surface area contributed by atoms with E-state index in [0.717, 1.165) is 57.3 Å². The Morgan fingerprint density at radius 3 is 2.67 bits per heavy atom. The molecular weight excluding hydrogens is 376 g/mol. The molecule has 0 amide bonds. The van der Waals surface area contributed by atoms with Gasteiger partial charge in [-0.1, -0.05) is 30.3 Å². The smallest absolute Gasteiger partial charge is 0.191 e. The first-order chi connectivity index (χ1) is 14.8. The Hall–Kier alpha value is -2.31. The highest BCUT2D eigenvalue weighted by atomic mass is 16.5. The summed E-state index contributed by atoms with van der Waals surface area (Å²) < 4.78 is 11.9. The second-order valence-electron chi connectivity index (χ2n) is 8.21. The molecule has 1 aromatic heterocycles. The quantitative estimate of drug-likeness (QED) is 0.538. The van der Waals surface area contributed by atoms with Crippen LogP contribution in [-0.4, -0.2) is 50.7 Å². The van der Waals surface area contributed by atoms with E-state index >= 15 is 0 Å². The predicted octanol–water partition coefficient (Wildman–Crippen LogP) is 3.75. The number of aliphatic imine (C=N–C) groups is 1. The van der Waals surface area contributed by atoms with E-state index in [9.17, 15) is 0 Å². The summed E-state index contributed by atoms with van der Waals surface area (Å²) >= 11 is 0. The standard InChI is InChI=1S/C24H34N4O2/c1-25-24(27-18-21(22-12-8-15-29-22)28-13-5-6-14-28)26-17-20-11-7-16-30-23(20)19-9-3-2-4-10-19/h2-4,8-10,12,15,20-21,23H,5-7,11,13-14,16-18H2,1H3,(H2,25,26,27). The lowest BCUT2D eigenvalue weighted by Gasteiger charge is -2.33. The zero-order valence-corrected chi connectivity index (χ0v) is 17.9. The van der Waals surface area contributed by atoms with Crippen molar-refractivity contribution < 1.29 is 9.15 Å². The third-order valence-corrected chi connectivity index (χ3v) is 6.24. The number of hydrogen-bond donors (Lipinski definition) is 2. The van der Waals surface area contributed by atoms with Crippen molar-refractivity contribution in [3.05, 3.63) is 60.1 Å². The van der Waals surface area contributed by atoms with Crippen LogP contribution in [0.25, 0.3) is 0 Å². The van der Waals surface area contributed by atoms with E-state index in [4.69, 9.17) is 9.15 Å². The average molecular weight is 411 g/mol. The van der Waals surface area contributed by atoms with Gasteiger partial charge in [0.05, 0.1) is 18.4 Å². The zero-order chi connectivity index (χ0) is 20.6. The van der Waals surface area contributed by atoms with Crippen LogP contribution in [0.15, 0.2) is 58.1 Å². The highest BCUT2D eigenvalue weighted by Gasteiger charge is 2.28. The first kappa shape index (κ1) is 20.9. The van der Waals surface area contributed by atoms with Crippen molar-refractivity contribution in [2.75, 3.05) is 39.8 Å². The highest BCUT2D eigenvalue weighted by Crippen LogP contribution is 2.33. The molecule has 3 heterocycles. The van der Waals surface area contributed by atoms with Gasteiger partial charge in [0.1, 0.15) is 5.76 Å². The van der Waals surface area contributed by atoms with Gasteiger partial charge in [0, 0.05) is 32.7 Å². The third kappa shape index (κ3) is 5.24. The number of guanidine groups is 1. The van der Waals surface area contributed by atoms with Gasteiger partial charge in [-0.05, 0) is 56.5 Å². The summed E-state index contributed by atoms with van der Waals surface area (Å²) in [5.41, 5.74) is 1.26. The Labute approximate surface area is 179 Å². The molecule has 2 aliphatic rings. The summed E-state index contributed by atoms with van der Waals surface area (Å²) in [7, 11) is 1.83. The van der Waals surface area contributed by atoms with E-state index in [2.05, 4.69) is 56.9 Å². The number of ether oxygens (including phenoxy) is 1. The van der Waals surface area contributed by atoms with Crippen LogP contribution in [0.4, 0.5) is 0 Å². The molecule has 6 nitrogen and oxygen atoms in total. The topological polar surface area (TPSA) is 62.0 Å². The van der Waals surface area contributed by atoms with Crippen molar-refractivity contribution in [3.63, 3.8) is 0 Å². The van der Waals surface area contributed by atoms with Gasteiger partial charge < -0.3 is 19.8 Å². The number of benzene rings is 1. The molecular formula is C24H34N4O2. The maximum absolute atomic E-state index is 6.14. The molecule has 6 heteroatoms. The second-order valence-corrected chi connectivity index (χ2v) is 8.21. The molecule has 2 N–H and O–H groups in total. The van der Waals surface area contributed by atoms with Gasteiger partial charge in [0.25, 0.3) is 0 Å². The van der Waals surface area contributed by atoms with Gasteiger partial charge in [0.15, 0.2) is 5.96 Å². The summed E-state index contributed by atoms with van der Waals surface area (Å²) in [6, 6.07) is 14.8. The maximum atomic E-state index is 6.14. The molecule has 0 spiro atoms. The van der Waals surface area contributed by atoms with Crippen molar-refractivity contribution in [3.8, 4) is 0 Å². The number of nitrogens with one attached hydrogen (secondary N) is 2. The van der Waals surface area contributed by atoms with E-state index in [1.807, 2.05) is 13.1 Å². The minimum Gasteiger partial charge on any atom is -0.468 e. The molecule has 2 fully saturated rings. The molecule has 30 heavy (non-hydrogen) atoms. The predicted molar refractivity (Wildman–Crippen MR) is 119 cm³/mol. The van der Waals surface area contributed by atoms with Gasteiger partial charge in [-0.15, -0.1) is 0 Å². The molecule has 2 aromatic rings. The van der Waals surface area contributed by atoms with Crippen molar-refractivity contribution in [1.29, 1.82) is 0 Å². The molecule has 0 saturated carbocycles. The molecule has 162 valence electrons. The van der Waals surface area contributed by atoms with Gasteiger partial charge >= 0.3 is 0 Å². The molecule has 2 saturated heterocycles. The van der Waals surface area contributed by atoms with E-state index in [1.54, 1.807) is 6.26 Å². The summed E-state index contributed by atoms with van der Waals surface area (Å²) in [6.07, 6.45) is 6.69. The Bertz CT molecular complexity index is 772. The van der Waals surface area contributed by atoms with Gasteiger partial charge in [-0.25, -0.2) is 0 Å². The molecule has 2 aliphatic heterocycles. The van der Waals surface area contributed by atoms with Crippen LogP contribution in [0.1, 0.15) is 49.2 Å². The van der Waals surface area contributed by atoms with Crippen LogP contribution in [-0.2, 0) is 4.74 Å². The van der Waals surface area contributed by atoms with Crippen molar-refractivity contribution in [1.82, 2.24) is 15.5 Å². The molecule has 1 aromatic carbocycles. The van der Waals surface area contributed by atoms with E-state index < -0.39 is 0 Å². The monoisotopic (exact) mass is 410 g/mol. The Morgan fingerprint density at radius 1 is 1.10 bits per heavy atom. The maximum Gasteiger partial charge on any atom is 0.191 e. The highest BCUT2D eigenvalue weighted by molar-refractivity contribution is 5.79. The number of nitrogens with zero attached hydrogens (tertiary/aromatic N) is 2. The second kappa shape index (κ2) is 10.6. The number of furan rings is 1. The third-order valence-electron chi connectivity index (χ3n) is 6.24. The van der Waals surface area contributed by atoms with E-state index in [1.165, 1.54) is 18.4 Å². The van der Waals surface area contributed by atoms with Crippen LogP contribution in [0.3, 0.4) is 0 Å². The number of rotatable bonds is 7. The normalized spacial score (nSPS) is 24.0. The van der Waals surface area contributed by atoms with Crippen LogP contribution >= 0.6 is 0 Å². The summed E-state index contributed by atoms with van der Waals surface area (Å²) in [6.45, 7) is 4.70. The van der Waals surface area contributed by atoms with E-state index in [0.29, 0.717) is 5.92 Å². The lowest BCUT2D eigenvalue weighted by atomic mass is 9.89. The minimum absolute atomic E-state index is 0.144. The molecule has 3 atom stereocenters. The van der Waals surface area contributed by atoms with Gasteiger partial charge in [-0.3, -0.25) is 9.89 Å². The summed E-state index contributed by atoms with van der Waals surface area (Å²) in [5.74, 6) is 2.28. The van der Waals surface area contributed by atoms with Crippen LogP contribution < -0.4 is 10.6 Å². The molecule has 3 unspecified atom stereocenters. The molecule has 4 rings (SSSR count). The number of hydrogen-bond acceptors (Lipinski definition) is 4. The van der Waals surface area contributed by atoms with Gasteiger partial charge in [-0.2, -0.15) is 0 Å². The fourth-order valence-electron chi connectivity index (χ4n) is 4.65. The fourth-order valence-corrected chi connectivity index (χ4v) is 4.65. The van der Waals surface area contributed by atoms with Crippen LogP contribution in [0.5, 0.6) is 0 Å². The zero-order valence-electron chi connectivity index (χ0n) is 17.9. The van der Waals surface area contributed by atoms with Crippen molar-refractivity contribution in [2.24, 2.45) is 10.9 Å². The first-order valence-electron chi connectivity index (χ1n) is 11.2. The van der Waals surface area contributed by atoms with Crippen molar-refractivity contribution >= 4 is 5.96 Å².